The van der Waals surface area contributed by atoms with Crippen molar-refractivity contribution in [1.29, 1.82) is 0 Å². The van der Waals surface area contributed by atoms with Crippen LogP contribution >= 0.6 is 0 Å². The van der Waals surface area contributed by atoms with E-state index in [4.69, 9.17) is 10.8 Å². The first-order valence-corrected chi connectivity index (χ1v) is 4.42. The van der Waals surface area contributed by atoms with Gasteiger partial charge in [-0.1, -0.05) is 0 Å². The van der Waals surface area contributed by atoms with Crippen molar-refractivity contribution in [3.63, 3.8) is 0 Å². The average Bonchev–Trinajstić information content (AvgIpc) is 2.55. The first kappa shape index (κ1) is 10.2. The Kier molecular flexibility index (Phi) is 3.06. The fourth-order valence-electron chi connectivity index (χ4n) is 1.37. The van der Waals surface area contributed by atoms with Gasteiger partial charge in [0.2, 0.25) is 0 Å². The molecule has 0 radical (unpaired) electrons. The van der Waals surface area contributed by atoms with E-state index >= 15 is 0 Å². The Bertz CT molecular complexity index is 243. The Morgan fingerprint density at radius 3 is 2.85 bits per heavy atom. The van der Waals surface area contributed by atoms with Crippen LogP contribution in [0.3, 0.4) is 0 Å². The summed E-state index contributed by atoms with van der Waals surface area (Å²) in [6.45, 7) is 3.91. The van der Waals surface area contributed by atoms with Gasteiger partial charge in [0.05, 0.1) is 12.9 Å². The number of hydrogen-bond donors (Lipinski definition) is 2. The lowest BCUT2D eigenvalue weighted by molar-refractivity contribution is 0.185. The van der Waals surface area contributed by atoms with Gasteiger partial charge in [0.1, 0.15) is 0 Å². The molecule has 4 nitrogen and oxygen atoms in total. The Morgan fingerprint density at radius 1 is 1.69 bits per heavy atom. The quantitative estimate of drug-likeness (QED) is 0.716. The van der Waals surface area contributed by atoms with Crippen molar-refractivity contribution in [2.45, 2.75) is 31.8 Å². The van der Waals surface area contributed by atoms with E-state index < -0.39 is 5.54 Å². The number of rotatable bonds is 4. The molecule has 4 heteroatoms. The van der Waals surface area contributed by atoms with Crippen LogP contribution in [0.25, 0.3) is 0 Å². The van der Waals surface area contributed by atoms with Gasteiger partial charge in [0.15, 0.2) is 0 Å². The maximum atomic E-state index is 8.99. The lowest BCUT2D eigenvalue weighted by Gasteiger charge is -2.26. The van der Waals surface area contributed by atoms with Gasteiger partial charge in [0.25, 0.3) is 0 Å². The minimum absolute atomic E-state index is 0.00599. The van der Waals surface area contributed by atoms with E-state index in [2.05, 4.69) is 11.9 Å². The monoisotopic (exact) mass is 183 g/mol. The zero-order valence-corrected chi connectivity index (χ0v) is 8.14. The lowest BCUT2D eigenvalue weighted by Crippen LogP contribution is -2.41. The highest BCUT2D eigenvalue weighted by Gasteiger charge is 2.20. The van der Waals surface area contributed by atoms with Crippen molar-refractivity contribution in [3.05, 3.63) is 18.7 Å². The molecule has 2 atom stereocenters. The van der Waals surface area contributed by atoms with E-state index in [1.807, 2.05) is 17.7 Å². The molecule has 0 aliphatic carbocycles. The van der Waals surface area contributed by atoms with Crippen molar-refractivity contribution >= 4 is 0 Å². The van der Waals surface area contributed by atoms with Gasteiger partial charge in [-0.15, -0.1) is 0 Å². The smallest absolute Gasteiger partial charge is 0.0948 e. The standard InChI is InChI=1S/C9H17N3O/c1-8(5-9(2,10)6-13)12-4-3-11-7-12/h3-4,7-8,13H,5-6,10H2,1-2H3. The van der Waals surface area contributed by atoms with Crippen LogP contribution < -0.4 is 5.73 Å². The second-order valence-electron chi connectivity index (χ2n) is 3.88. The number of aliphatic hydroxyl groups is 1. The molecule has 0 fully saturated rings. The molecule has 1 rings (SSSR count). The Morgan fingerprint density at radius 2 is 2.38 bits per heavy atom. The van der Waals surface area contributed by atoms with Crippen molar-refractivity contribution in [3.8, 4) is 0 Å². The van der Waals surface area contributed by atoms with Crippen LogP contribution in [0.15, 0.2) is 18.7 Å². The molecular weight excluding hydrogens is 166 g/mol. The molecule has 0 bridgehead atoms. The third-order valence-corrected chi connectivity index (χ3v) is 2.16. The summed E-state index contributed by atoms with van der Waals surface area (Å²) in [7, 11) is 0. The van der Waals surface area contributed by atoms with E-state index in [9.17, 15) is 0 Å². The fourth-order valence-corrected chi connectivity index (χ4v) is 1.37. The number of nitrogens with zero attached hydrogens (tertiary/aromatic N) is 2. The molecule has 0 amide bonds. The molecule has 0 aromatic carbocycles. The van der Waals surface area contributed by atoms with Gasteiger partial charge in [-0.25, -0.2) is 4.98 Å². The van der Waals surface area contributed by atoms with E-state index in [-0.39, 0.29) is 12.6 Å². The zero-order chi connectivity index (χ0) is 9.90. The molecule has 2 unspecified atom stereocenters. The van der Waals surface area contributed by atoms with Crippen LogP contribution in [0.4, 0.5) is 0 Å². The predicted octanol–water partition coefficient (Wildman–Crippen LogP) is 0.544. The third-order valence-electron chi connectivity index (χ3n) is 2.16. The van der Waals surface area contributed by atoms with Gasteiger partial charge in [-0.2, -0.15) is 0 Å². The van der Waals surface area contributed by atoms with Crippen LogP contribution in [0.1, 0.15) is 26.3 Å². The fraction of sp³-hybridized carbons (Fsp3) is 0.667. The molecule has 3 N–H and O–H groups in total. The molecule has 1 heterocycles. The molecule has 1 aromatic rings. The summed E-state index contributed by atoms with van der Waals surface area (Å²) in [5.74, 6) is 0. The largest absolute Gasteiger partial charge is 0.394 e. The SMILES string of the molecule is CC(CC(C)(N)CO)n1ccnc1. The summed E-state index contributed by atoms with van der Waals surface area (Å²) >= 11 is 0. The Balaban J connectivity index is 2.56. The Hall–Kier alpha value is -0.870. The van der Waals surface area contributed by atoms with Crippen molar-refractivity contribution in [1.82, 2.24) is 9.55 Å². The van der Waals surface area contributed by atoms with Crippen LogP contribution in [-0.2, 0) is 0 Å². The maximum absolute atomic E-state index is 8.99. The highest BCUT2D eigenvalue weighted by atomic mass is 16.3. The summed E-state index contributed by atoms with van der Waals surface area (Å²) in [6.07, 6.45) is 6.14. The number of hydrogen-bond acceptors (Lipinski definition) is 3. The molecule has 74 valence electrons. The van der Waals surface area contributed by atoms with Crippen LogP contribution in [0.2, 0.25) is 0 Å². The van der Waals surface area contributed by atoms with Crippen LogP contribution in [-0.4, -0.2) is 26.8 Å². The number of imidazole rings is 1. The molecule has 0 spiro atoms. The molecule has 0 aliphatic heterocycles. The highest BCUT2D eigenvalue weighted by Crippen LogP contribution is 2.17. The van der Waals surface area contributed by atoms with Gasteiger partial charge in [-0.3, -0.25) is 0 Å². The first-order valence-electron chi connectivity index (χ1n) is 4.42. The second kappa shape index (κ2) is 3.89. The average molecular weight is 183 g/mol. The molecule has 1 aromatic heterocycles. The number of nitrogens with two attached hydrogens (primary N) is 1. The number of aromatic nitrogens is 2. The molecule has 0 saturated heterocycles. The summed E-state index contributed by atoms with van der Waals surface area (Å²) < 4.78 is 1.99. The van der Waals surface area contributed by atoms with E-state index in [1.165, 1.54) is 0 Å². The second-order valence-corrected chi connectivity index (χ2v) is 3.88. The first-order chi connectivity index (χ1) is 6.05. The van der Waals surface area contributed by atoms with E-state index in [0.717, 1.165) is 6.42 Å². The topological polar surface area (TPSA) is 64.1 Å². The van der Waals surface area contributed by atoms with Gasteiger partial charge >= 0.3 is 0 Å². The molecule has 0 saturated carbocycles. The van der Waals surface area contributed by atoms with Gasteiger partial charge < -0.3 is 15.4 Å². The predicted molar refractivity (Wildman–Crippen MR) is 51.2 cm³/mol. The highest BCUT2D eigenvalue weighted by molar-refractivity contribution is 4.85. The van der Waals surface area contributed by atoms with E-state index in [0.29, 0.717) is 0 Å². The number of aliphatic hydroxyl groups excluding tert-OH is 1. The van der Waals surface area contributed by atoms with Gasteiger partial charge in [-0.05, 0) is 20.3 Å². The van der Waals surface area contributed by atoms with Crippen molar-refractivity contribution < 1.29 is 5.11 Å². The summed E-state index contributed by atoms with van der Waals surface area (Å²) in [4.78, 5) is 3.96. The maximum Gasteiger partial charge on any atom is 0.0948 e. The van der Waals surface area contributed by atoms with Gasteiger partial charge in [0, 0.05) is 24.0 Å². The summed E-state index contributed by atoms with van der Waals surface area (Å²) in [6, 6.07) is 0.268. The van der Waals surface area contributed by atoms with E-state index in [1.54, 1.807) is 12.5 Å². The minimum atomic E-state index is -0.510. The normalized spacial score (nSPS) is 18.2. The third kappa shape index (κ3) is 2.82. The van der Waals surface area contributed by atoms with Crippen LogP contribution in [0, 0.1) is 0 Å². The van der Waals surface area contributed by atoms with Crippen LogP contribution in [0.5, 0.6) is 0 Å². The molecule has 0 aliphatic rings. The summed E-state index contributed by atoms with van der Waals surface area (Å²) in [5.41, 5.74) is 5.33. The molecule has 13 heavy (non-hydrogen) atoms. The van der Waals surface area contributed by atoms with Crippen molar-refractivity contribution in [2.75, 3.05) is 6.61 Å². The lowest BCUT2D eigenvalue weighted by atomic mass is 9.96. The minimum Gasteiger partial charge on any atom is -0.394 e. The summed E-state index contributed by atoms with van der Waals surface area (Å²) in [5, 5.41) is 8.99. The molecular formula is C9H17N3O. The van der Waals surface area contributed by atoms with Crippen molar-refractivity contribution in [2.24, 2.45) is 5.73 Å². The zero-order valence-electron chi connectivity index (χ0n) is 8.14. The Labute approximate surface area is 78.4 Å².